The number of carbonyl (C=O) groups is 7. The van der Waals surface area contributed by atoms with Crippen molar-refractivity contribution in [2.45, 2.75) is 149 Å². The van der Waals surface area contributed by atoms with Crippen LogP contribution in [0.5, 0.6) is 0 Å². The highest BCUT2D eigenvalue weighted by Gasteiger charge is 2.81. The van der Waals surface area contributed by atoms with Gasteiger partial charge in [-0.05, 0) is 63.3 Å². The highest BCUT2D eigenvalue weighted by atomic mass is 16.6. The summed E-state index contributed by atoms with van der Waals surface area (Å²) in [5, 5.41) is 26.5. The Labute approximate surface area is 359 Å². The Morgan fingerprint density at radius 3 is 2.06 bits per heavy atom. The minimum atomic E-state index is -2.28. The maximum absolute atomic E-state index is 15.6. The van der Waals surface area contributed by atoms with E-state index in [4.69, 9.17) is 33.2 Å². The van der Waals surface area contributed by atoms with E-state index in [-0.39, 0.29) is 35.3 Å². The summed E-state index contributed by atoms with van der Waals surface area (Å²) >= 11 is 0. The average molecular weight is 868 g/mol. The molecule has 11 atom stereocenters. The fourth-order valence-corrected chi connectivity index (χ4v) is 10.3. The third kappa shape index (κ3) is 7.38. The van der Waals surface area contributed by atoms with Gasteiger partial charge in [-0.3, -0.25) is 14.4 Å². The number of esters is 5. The van der Waals surface area contributed by atoms with Gasteiger partial charge in [-0.25, -0.2) is 19.2 Å². The quantitative estimate of drug-likeness (QED) is 0.192. The van der Waals surface area contributed by atoms with E-state index in [9.17, 15) is 39.0 Å². The molecule has 0 aromatic heterocycles. The molecule has 0 radical (unpaired) electrons. The number of benzene rings is 1. The number of amides is 1. The van der Waals surface area contributed by atoms with Crippen molar-refractivity contribution in [2.75, 3.05) is 6.61 Å². The van der Waals surface area contributed by atoms with Gasteiger partial charge in [0.1, 0.15) is 17.8 Å². The number of aliphatic hydroxyl groups excluding tert-OH is 2. The van der Waals surface area contributed by atoms with Crippen molar-refractivity contribution in [1.82, 2.24) is 5.32 Å². The lowest BCUT2D eigenvalue weighted by Gasteiger charge is -2.67. The van der Waals surface area contributed by atoms with E-state index in [0.717, 1.165) is 19.9 Å². The van der Waals surface area contributed by atoms with Crippen LogP contribution in [0.1, 0.15) is 99.9 Å². The van der Waals surface area contributed by atoms with E-state index < -0.39 is 123 Å². The molecule has 1 spiro atoms. The van der Waals surface area contributed by atoms with E-state index >= 15 is 4.79 Å². The molecule has 1 amide bonds. The standard InChI is InChI=1S/C45H57NO16/c1-21-29-32(57-22(2)47)35(52)43(12)26(49)19-27-44(20-56-27,60-23(3)48)33(43)36(59-37(53)24-16-14-13-15-17-24)45(42(29,10)11)25(18-28(50)61-45)31(21)58-38(54)30(51)34(40(4,5)6)46-39(55)62-41(7,8)9/h13-18,26-27,30-34,36,49,51H,19-20H2,1-12H3,(H,46,55)/t26-,27+,30+,31+,32+,33-,34-,36-,43+,44-,45+/m0/s1. The summed E-state index contributed by atoms with van der Waals surface area (Å²) in [5.74, 6) is -7.42. The number of hydrogen-bond donors (Lipinski definition) is 3. The van der Waals surface area contributed by atoms with Crippen LogP contribution in [0.25, 0.3) is 0 Å². The van der Waals surface area contributed by atoms with Crippen LogP contribution in [-0.2, 0) is 57.1 Å². The SMILES string of the molecule is CC(=O)O[C@H]1C(=O)[C@@]2(C)[C@H]([C@H](OC(=O)c3ccccc3)[C@]34OC(=O)C=C3[C@H](OC(=O)[C@H](O)[C@H](NC(=O)OC(C)(C)C)C(C)(C)C)C(C)=C1C4(C)C)[C@]1(OC(C)=O)CO[C@@H]1C[C@@H]2O. The third-order valence-corrected chi connectivity index (χ3v) is 13.0. The number of nitrogens with one attached hydrogen (secondary N) is 1. The van der Waals surface area contributed by atoms with Gasteiger partial charge in [0.15, 0.2) is 35.3 Å². The molecule has 2 heterocycles. The summed E-state index contributed by atoms with van der Waals surface area (Å²) < 4.78 is 42.5. The second kappa shape index (κ2) is 15.6. The van der Waals surface area contributed by atoms with Crippen LogP contribution in [0.15, 0.2) is 53.1 Å². The van der Waals surface area contributed by atoms with Crippen LogP contribution in [0.2, 0.25) is 0 Å². The van der Waals surface area contributed by atoms with Gasteiger partial charge in [-0.1, -0.05) is 52.8 Å². The zero-order valence-corrected chi connectivity index (χ0v) is 37.1. The first-order chi connectivity index (χ1) is 28.5. The Hall–Kier alpha value is -5.13. The van der Waals surface area contributed by atoms with Crippen LogP contribution in [-0.4, -0.2) is 118 Å². The minimum absolute atomic E-state index is 0.0164. The van der Waals surface area contributed by atoms with Gasteiger partial charge >= 0.3 is 35.9 Å². The normalized spacial score (nSPS) is 33.2. The van der Waals surface area contributed by atoms with Gasteiger partial charge in [0, 0.05) is 37.3 Å². The molecule has 62 heavy (non-hydrogen) atoms. The molecular formula is C45H57NO16. The largest absolute Gasteiger partial charge is 0.454 e. The first-order valence-corrected chi connectivity index (χ1v) is 20.6. The molecule has 1 aromatic rings. The van der Waals surface area contributed by atoms with Crippen LogP contribution in [0.3, 0.4) is 0 Å². The topological polar surface area (TPSA) is 237 Å². The summed E-state index contributed by atoms with van der Waals surface area (Å²) in [7, 11) is 0. The van der Waals surface area contributed by atoms with Crippen molar-refractivity contribution in [2.24, 2.45) is 22.2 Å². The molecule has 1 aromatic carbocycles. The molecule has 2 bridgehead atoms. The van der Waals surface area contributed by atoms with Crippen molar-refractivity contribution >= 4 is 41.7 Å². The number of aliphatic hydroxyl groups is 2. The Balaban J connectivity index is 1.63. The highest BCUT2D eigenvalue weighted by Crippen LogP contribution is 2.67. The maximum atomic E-state index is 15.6. The highest BCUT2D eigenvalue weighted by molar-refractivity contribution is 5.97. The summed E-state index contributed by atoms with van der Waals surface area (Å²) in [6.07, 6.45) is -10.2. The summed E-state index contributed by atoms with van der Waals surface area (Å²) in [5.41, 5.74) is -9.80. The summed E-state index contributed by atoms with van der Waals surface area (Å²) in [6, 6.07) is 6.47. The first kappa shape index (κ1) is 46.4. The average Bonchev–Trinajstić information content (AvgIpc) is 3.51. The van der Waals surface area contributed by atoms with E-state index in [1.807, 2.05) is 0 Å². The van der Waals surface area contributed by atoms with Crippen LogP contribution < -0.4 is 5.32 Å². The fourth-order valence-electron chi connectivity index (χ4n) is 10.3. The molecule has 1 saturated heterocycles. The molecule has 3 aliphatic carbocycles. The Morgan fingerprint density at radius 2 is 1.53 bits per heavy atom. The predicted octanol–water partition coefficient (Wildman–Crippen LogP) is 3.60. The molecule has 17 heteroatoms. The zero-order valence-electron chi connectivity index (χ0n) is 37.1. The molecule has 5 aliphatic rings. The number of Topliss-reactive ketones (excluding diaryl/α,β-unsaturated/α-hetero) is 1. The Morgan fingerprint density at radius 1 is 0.903 bits per heavy atom. The molecule has 2 saturated carbocycles. The van der Waals surface area contributed by atoms with Crippen molar-refractivity contribution in [3.8, 4) is 0 Å². The molecule has 2 aliphatic heterocycles. The molecule has 3 fully saturated rings. The van der Waals surface area contributed by atoms with Crippen LogP contribution in [0.4, 0.5) is 4.79 Å². The summed E-state index contributed by atoms with van der Waals surface area (Å²) in [6.45, 7) is 17.8. The van der Waals surface area contributed by atoms with Gasteiger partial charge in [0.25, 0.3) is 0 Å². The number of alkyl carbamates (subject to hydrolysis) is 1. The van der Waals surface area contributed by atoms with Gasteiger partial charge in [-0.15, -0.1) is 0 Å². The number of ketones is 1. The molecular weight excluding hydrogens is 810 g/mol. The number of fused-ring (bicyclic) bond motifs is 4. The van der Waals surface area contributed by atoms with E-state index in [0.29, 0.717) is 0 Å². The second-order valence-corrected chi connectivity index (χ2v) is 19.6. The molecule has 338 valence electrons. The van der Waals surface area contributed by atoms with E-state index in [1.165, 1.54) is 26.0 Å². The number of ether oxygens (including phenoxy) is 7. The van der Waals surface area contributed by atoms with E-state index in [1.54, 1.807) is 73.6 Å². The molecule has 6 rings (SSSR count). The Kier molecular flexibility index (Phi) is 11.7. The van der Waals surface area contributed by atoms with Gasteiger partial charge in [-0.2, -0.15) is 0 Å². The number of rotatable bonds is 8. The van der Waals surface area contributed by atoms with Crippen molar-refractivity contribution < 1.29 is 76.9 Å². The summed E-state index contributed by atoms with van der Waals surface area (Å²) in [4.78, 5) is 97.7. The number of hydrogen-bond acceptors (Lipinski definition) is 16. The van der Waals surface area contributed by atoms with Gasteiger partial charge in [0.2, 0.25) is 0 Å². The van der Waals surface area contributed by atoms with Gasteiger partial charge in [0.05, 0.1) is 35.6 Å². The maximum Gasteiger partial charge on any atom is 0.407 e. The van der Waals surface area contributed by atoms with Crippen molar-refractivity contribution in [1.29, 1.82) is 0 Å². The van der Waals surface area contributed by atoms with Crippen LogP contribution >= 0.6 is 0 Å². The minimum Gasteiger partial charge on any atom is -0.454 e. The molecule has 17 nitrogen and oxygen atoms in total. The monoisotopic (exact) mass is 867 g/mol. The molecule has 0 unspecified atom stereocenters. The van der Waals surface area contributed by atoms with Gasteiger partial charge < -0.3 is 48.7 Å². The lowest BCUT2D eigenvalue weighted by atomic mass is 9.44. The van der Waals surface area contributed by atoms with Crippen molar-refractivity contribution in [3.63, 3.8) is 0 Å². The fraction of sp³-hybridized carbons (Fsp3) is 0.622. The first-order valence-electron chi connectivity index (χ1n) is 20.6. The number of carbonyl (C=O) groups excluding carboxylic acids is 7. The second-order valence-electron chi connectivity index (χ2n) is 19.6. The van der Waals surface area contributed by atoms with E-state index in [2.05, 4.69) is 5.32 Å². The third-order valence-electron chi connectivity index (χ3n) is 13.0. The van der Waals surface area contributed by atoms with Crippen molar-refractivity contribution in [3.05, 3.63) is 58.7 Å². The van der Waals surface area contributed by atoms with Crippen LogP contribution in [0, 0.1) is 22.2 Å². The lowest BCUT2D eigenvalue weighted by Crippen LogP contribution is -2.82. The lowest BCUT2D eigenvalue weighted by molar-refractivity contribution is -0.342. The zero-order chi connectivity index (χ0) is 46.3. The smallest absolute Gasteiger partial charge is 0.407 e. The predicted molar refractivity (Wildman–Crippen MR) is 215 cm³/mol. The molecule has 3 N–H and O–H groups in total. The Bertz CT molecular complexity index is 2130.